The molecule has 0 atom stereocenters. The number of piperazine rings is 1. The first kappa shape index (κ1) is 66.9. The van der Waals surface area contributed by atoms with Crippen LogP contribution in [0.25, 0.3) is 50.7 Å². The van der Waals surface area contributed by atoms with Crippen LogP contribution in [0, 0.1) is 47.5 Å². The van der Waals surface area contributed by atoms with Gasteiger partial charge in [0.2, 0.25) is 5.91 Å². The van der Waals surface area contributed by atoms with Gasteiger partial charge in [-0.3, -0.25) is 9.69 Å². The molecule has 0 N–H and O–H groups in total. The Balaban J connectivity index is 0.000000146. The number of hydrogen-bond acceptors (Lipinski definition) is 19. The molecule has 4 aliphatic rings. The first-order chi connectivity index (χ1) is 45.7. The Morgan fingerprint density at radius 1 is 0.442 bits per heavy atom. The summed E-state index contributed by atoms with van der Waals surface area (Å²) in [6, 6.07) is 23.8. The molecule has 504 valence electrons. The van der Waals surface area contributed by atoms with E-state index >= 15 is 0 Å². The largest absolute Gasteiger partial charge is 0.493 e. The number of imidazole rings is 3. The zero-order valence-electron chi connectivity index (χ0n) is 57.7. The summed E-state index contributed by atoms with van der Waals surface area (Å²) in [6.45, 7) is 25.6. The van der Waals surface area contributed by atoms with E-state index in [2.05, 4.69) is 31.7 Å². The summed E-state index contributed by atoms with van der Waals surface area (Å²) in [7, 11) is 9.79. The minimum absolute atomic E-state index is 0.226. The summed E-state index contributed by atoms with van der Waals surface area (Å²) < 4.78 is 49.4. The summed E-state index contributed by atoms with van der Waals surface area (Å²) in [6.07, 6.45) is 5.44. The zero-order chi connectivity index (χ0) is 67.4. The third-order valence-corrected chi connectivity index (χ3v) is 17.8. The molecule has 24 nitrogen and oxygen atoms in total. The van der Waals surface area contributed by atoms with Gasteiger partial charge in [0.15, 0.2) is 51.4 Å². The number of ether oxygens (including phenoxy) is 8. The number of morpholine rings is 1. The second kappa shape index (κ2) is 28.6. The summed E-state index contributed by atoms with van der Waals surface area (Å²) in [5.41, 5.74) is 16.1. The standard InChI is InChI=1S/C27H35N5O3.C24H31N5O4.C20H24N4O3/c1-18-16-22(30-12-14-31(15-13-30)27(33)20-8-6-5-7-9-20)26-28-19(2)25(32(26)29-18)21-10-11-23(34-3)24(17-21)35-4;1-15-12-18(27-10-11-28(14-27)23(30)33-24(3,4)5)22-25-16(2)21(29(22)26-15)17-8-9-19(31-6)20(13-17)32-7;1-13-11-16(23-7-9-27-10-8-23)20-21-14(2)19(24(20)22-13)15-5-6-17(25-3)18(12-15)26-4/h10-11,16-17,20H,5-9,12-15H2,1-4H3;8-9,12-13H,10-11,14H2,1-7H3;5-6,11-12H,7-10H2,1-4H3. The van der Waals surface area contributed by atoms with Crippen molar-refractivity contribution in [1.29, 1.82) is 0 Å². The van der Waals surface area contributed by atoms with Crippen LogP contribution in [-0.2, 0) is 14.3 Å². The normalized spacial score (nSPS) is 15.4. The van der Waals surface area contributed by atoms with Crippen LogP contribution in [0.3, 0.4) is 0 Å². The molecule has 3 aromatic carbocycles. The van der Waals surface area contributed by atoms with Crippen LogP contribution >= 0.6 is 0 Å². The molecule has 0 spiro atoms. The smallest absolute Gasteiger partial charge is 0.411 e. The average molecular weight is 1300 g/mol. The van der Waals surface area contributed by atoms with Gasteiger partial charge in [-0.2, -0.15) is 15.3 Å². The second-order valence-corrected chi connectivity index (χ2v) is 25.5. The van der Waals surface area contributed by atoms with Gasteiger partial charge < -0.3 is 57.5 Å². The van der Waals surface area contributed by atoms with Crippen LogP contribution in [0.1, 0.15) is 87.0 Å². The molecule has 13 rings (SSSR count). The lowest BCUT2D eigenvalue weighted by Gasteiger charge is -2.38. The highest BCUT2D eigenvalue weighted by molar-refractivity contribution is 5.82. The van der Waals surface area contributed by atoms with Crippen molar-refractivity contribution in [1.82, 2.24) is 53.6 Å². The van der Waals surface area contributed by atoms with Gasteiger partial charge in [-0.25, -0.2) is 33.3 Å². The first-order valence-electron chi connectivity index (χ1n) is 32.6. The Hall–Kier alpha value is -9.58. The molecule has 9 heterocycles. The molecule has 9 aromatic rings. The lowest BCUT2D eigenvalue weighted by Crippen LogP contribution is -2.50. The fourth-order valence-corrected chi connectivity index (χ4v) is 13.2. The lowest BCUT2D eigenvalue weighted by molar-refractivity contribution is -0.136. The van der Waals surface area contributed by atoms with Gasteiger partial charge in [0.1, 0.15) is 5.60 Å². The van der Waals surface area contributed by atoms with E-state index in [9.17, 15) is 9.59 Å². The molecule has 4 fully saturated rings. The summed E-state index contributed by atoms with van der Waals surface area (Å²) in [5.74, 6) is 4.63. The molecule has 3 saturated heterocycles. The minimum atomic E-state index is -0.528. The van der Waals surface area contributed by atoms with Crippen molar-refractivity contribution in [3.63, 3.8) is 0 Å². The van der Waals surface area contributed by atoms with Crippen molar-refractivity contribution in [3.05, 3.63) is 107 Å². The fraction of sp³-hybridized carbons (Fsp3) is 0.465. The van der Waals surface area contributed by atoms with Gasteiger partial charge in [-0.1, -0.05) is 19.3 Å². The molecule has 3 aliphatic heterocycles. The average Bonchev–Trinajstić information content (AvgIpc) is 1.62. The van der Waals surface area contributed by atoms with Crippen molar-refractivity contribution >= 4 is 46.0 Å². The number of rotatable bonds is 13. The molecular weight excluding hydrogens is 1210 g/mol. The van der Waals surface area contributed by atoms with Crippen LogP contribution in [-0.4, -0.2) is 186 Å². The minimum Gasteiger partial charge on any atom is -0.493 e. The Morgan fingerprint density at radius 3 is 1.18 bits per heavy atom. The number of aromatic nitrogens is 9. The van der Waals surface area contributed by atoms with Crippen molar-refractivity contribution in [2.45, 2.75) is 100 Å². The fourth-order valence-electron chi connectivity index (χ4n) is 13.2. The predicted octanol–water partition coefficient (Wildman–Crippen LogP) is 11.2. The van der Waals surface area contributed by atoms with E-state index in [1.54, 1.807) is 47.6 Å². The van der Waals surface area contributed by atoms with Crippen molar-refractivity contribution in [3.8, 4) is 68.3 Å². The quantitative estimate of drug-likeness (QED) is 0.105. The number of benzene rings is 3. The number of amides is 2. The molecule has 2 amide bonds. The van der Waals surface area contributed by atoms with Crippen LogP contribution in [0.4, 0.5) is 21.9 Å². The highest BCUT2D eigenvalue weighted by Crippen LogP contribution is 2.40. The highest BCUT2D eigenvalue weighted by atomic mass is 16.6. The zero-order valence-corrected chi connectivity index (χ0v) is 57.7. The molecule has 0 bridgehead atoms. The van der Waals surface area contributed by atoms with Crippen molar-refractivity contribution in [2.75, 3.05) is 130 Å². The van der Waals surface area contributed by atoms with E-state index in [0.29, 0.717) is 60.2 Å². The van der Waals surface area contributed by atoms with Crippen LogP contribution in [0.15, 0.2) is 72.8 Å². The van der Waals surface area contributed by atoms with Gasteiger partial charge in [0.25, 0.3) is 0 Å². The summed E-state index contributed by atoms with van der Waals surface area (Å²) >= 11 is 0. The van der Waals surface area contributed by atoms with Gasteiger partial charge in [0, 0.05) is 75.0 Å². The maximum Gasteiger partial charge on any atom is 0.411 e. The Labute approximate surface area is 555 Å². The van der Waals surface area contributed by atoms with E-state index in [4.69, 9.17) is 68.1 Å². The topological polar surface area (TPSA) is 215 Å². The van der Waals surface area contributed by atoms with E-state index in [1.807, 2.05) is 137 Å². The number of anilines is 3. The number of methoxy groups -OCH3 is 6. The number of aryl methyl sites for hydroxylation is 6. The molecule has 24 heteroatoms. The van der Waals surface area contributed by atoms with E-state index < -0.39 is 5.60 Å². The second-order valence-electron chi connectivity index (χ2n) is 25.5. The number of carbonyl (C=O) groups excluding carboxylic acids is 2. The monoisotopic (exact) mass is 1300 g/mol. The maximum atomic E-state index is 13.0. The first-order valence-corrected chi connectivity index (χ1v) is 32.6. The highest BCUT2D eigenvalue weighted by Gasteiger charge is 2.33. The summed E-state index contributed by atoms with van der Waals surface area (Å²) in [5, 5.41) is 14.3. The molecule has 95 heavy (non-hydrogen) atoms. The molecule has 0 radical (unpaired) electrons. The Morgan fingerprint density at radius 2 is 0.800 bits per heavy atom. The Bertz CT molecular complexity index is 4250. The molecule has 0 unspecified atom stereocenters. The lowest BCUT2D eigenvalue weighted by atomic mass is 9.88. The van der Waals surface area contributed by atoms with Crippen molar-refractivity contribution in [2.24, 2.45) is 5.92 Å². The van der Waals surface area contributed by atoms with Crippen LogP contribution in [0.5, 0.6) is 34.5 Å². The van der Waals surface area contributed by atoms with E-state index in [0.717, 1.165) is 167 Å². The van der Waals surface area contributed by atoms with Gasteiger partial charge >= 0.3 is 6.09 Å². The molecule has 1 saturated carbocycles. The number of nitrogens with zero attached hydrogens (tertiary/aromatic N) is 14. The maximum absolute atomic E-state index is 13.0. The third-order valence-electron chi connectivity index (χ3n) is 17.8. The Kier molecular flexibility index (Phi) is 20.1. The predicted molar refractivity (Wildman–Crippen MR) is 367 cm³/mol. The van der Waals surface area contributed by atoms with Gasteiger partial charge in [-0.15, -0.1) is 0 Å². The van der Waals surface area contributed by atoms with Crippen molar-refractivity contribution < 1.29 is 47.5 Å². The van der Waals surface area contributed by atoms with Gasteiger partial charge in [-0.05, 0) is 148 Å². The number of carbonyl (C=O) groups is 2. The SMILES string of the molecule is COc1ccc(-c2c(C)nc3c(N4CCN(C(=O)C5CCCCC5)CC4)cc(C)nn23)cc1OC.COc1ccc(-c2c(C)nc3c(N4CCN(C(=O)OC(C)(C)C)C4)cc(C)nn23)cc1OC.COc1ccc(-c2c(C)nc3c(N4CCOCC4)cc(C)nn23)cc1OC. The summed E-state index contributed by atoms with van der Waals surface area (Å²) in [4.78, 5) is 50.8. The molecular formula is C71H90N14O10. The third kappa shape index (κ3) is 14.1. The van der Waals surface area contributed by atoms with Crippen LogP contribution < -0.4 is 43.1 Å². The van der Waals surface area contributed by atoms with Crippen LogP contribution in [0.2, 0.25) is 0 Å². The van der Waals surface area contributed by atoms with E-state index in [-0.39, 0.29) is 12.0 Å². The van der Waals surface area contributed by atoms with E-state index in [1.165, 1.54) is 19.3 Å². The number of fused-ring (bicyclic) bond motifs is 3. The molecule has 6 aromatic heterocycles. The number of hydrogen-bond donors (Lipinski definition) is 0. The molecule has 1 aliphatic carbocycles. The van der Waals surface area contributed by atoms with Gasteiger partial charge in [0.05, 0.1) is 131 Å².